The van der Waals surface area contributed by atoms with Crippen molar-refractivity contribution in [3.8, 4) is 5.75 Å². The molecule has 1 amide bonds. The molecule has 3 aromatic carbocycles. The topological polar surface area (TPSA) is 84.5 Å². The molecular weight excluding hydrogens is 492 g/mol. The first-order chi connectivity index (χ1) is 16.0. The molecule has 0 spiro atoms. The third kappa shape index (κ3) is 7.03. The highest BCUT2D eigenvalue weighted by molar-refractivity contribution is 7.90. The van der Waals surface area contributed by atoms with E-state index in [0.717, 1.165) is 22.3 Å². The van der Waals surface area contributed by atoms with E-state index in [1.165, 1.54) is 12.1 Å². The van der Waals surface area contributed by atoms with Gasteiger partial charge in [0.25, 0.3) is 5.91 Å². The summed E-state index contributed by atoms with van der Waals surface area (Å²) in [5, 5.41) is 6.06. The predicted molar refractivity (Wildman–Crippen MR) is 139 cm³/mol. The molecule has 0 radical (unpaired) electrons. The molecule has 3 rings (SSSR count). The van der Waals surface area contributed by atoms with Crippen molar-refractivity contribution >= 4 is 50.4 Å². The molecule has 0 aliphatic heterocycles. The van der Waals surface area contributed by atoms with E-state index in [0.29, 0.717) is 16.5 Å². The molecule has 178 valence electrons. The molecule has 0 saturated carbocycles. The molecule has 0 saturated heterocycles. The Bertz CT molecular complexity index is 1320. The van der Waals surface area contributed by atoms with Gasteiger partial charge in [0.15, 0.2) is 21.6 Å². The number of rotatable bonds is 7. The van der Waals surface area contributed by atoms with Crippen LogP contribution in [0.25, 0.3) is 0 Å². The highest BCUT2D eigenvalue weighted by Crippen LogP contribution is 2.22. The summed E-state index contributed by atoms with van der Waals surface area (Å²) in [5.74, 6) is 0.0450. The number of nitrogens with one attached hydrogen (secondary N) is 2. The average molecular weight is 517 g/mol. The van der Waals surface area contributed by atoms with Crippen molar-refractivity contribution in [1.29, 1.82) is 0 Å². The molecule has 0 fully saturated rings. The monoisotopic (exact) mass is 516 g/mol. The fourth-order valence-corrected chi connectivity index (χ4v) is 5.19. The minimum atomic E-state index is -3.51. The summed E-state index contributed by atoms with van der Waals surface area (Å²) >= 11 is 11.1. The standard InChI is InChI=1S/C25H25ClN2O4S2/c1-16-4-5-19(17(2)12-16)15-34(30,31)22-9-7-21(8-10-22)27-25(33)28-24(29)14-32-23-11-6-20(26)13-18(23)3/h4-13H,14-15H2,1-3H3,(H2,27,28,29,33). The Kier molecular flexibility index (Phi) is 8.30. The molecule has 0 aromatic heterocycles. The van der Waals surface area contributed by atoms with Gasteiger partial charge in [-0.1, -0.05) is 35.4 Å². The van der Waals surface area contributed by atoms with Crippen LogP contribution >= 0.6 is 23.8 Å². The largest absolute Gasteiger partial charge is 0.483 e. The van der Waals surface area contributed by atoms with Crippen molar-refractivity contribution in [2.75, 3.05) is 11.9 Å². The highest BCUT2D eigenvalue weighted by atomic mass is 35.5. The maximum atomic E-state index is 12.8. The summed E-state index contributed by atoms with van der Waals surface area (Å²) in [6.07, 6.45) is 0. The number of carbonyl (C=O) groups is 1. The molecule has 0 bridgehead atoms. The Morgan fingerprint density at radius 2 is 1.68 bits per heavy atom. The fraction of sp³-hybridized carbons (Fsp3) is 0.200. The van der Waals surface area contributed by atoms with Crippen molar-refractivity contribution in [3.63, 3.8) is 0 Å². The van der Waals surface area contributed by atoms with E-state index in [2.05, 4.69) is 10.6 Å². The number of ether oxygens (including phenoxy) is 1. The van der Waals surface area contributed by atoms with Gasteiger partial charge in [-0.05, 0) is 92.1 Å². The van der Waals surface area contributed by atoms with Gasteiger partial charge in [0.05, 0.1) is 10.6 Å². The summed E-state index contributed by atoms with van der Waals surface area (Å²) in [5.41, 5.74) is 4.16. The van der Waals surface area contributed by atoms with Crippen molar-refractivity contribution in [2.45, 2.75) is 31.4 Å². The quantitative estimate of drug-likeness (QED) is 0.423. The van der Waals surface area contributed by atoms with Gasteiger partial charge < -0.3 is 10.1 Å². The van der Waals surface area contributed by atoms with Gasteiger partial charge in [0.1, 0.15) is 5.75 Å². The van der Waals surface area contributed by atoms with Gasteiger partial charge in [0, 0.05) is 10.7 Å². The lowest BCUT2D eigenvalue weighted by atomic mass is 10.1. The molecule has 2 N–H and O–H groups in total. The SMILES string of the molecule is Cc1ccc(CS(=O)(=O)c2ccc(NC(=S)NC(=O)COc3ccc(Cl)cc3C)cc2)c(C)c1. The zero-order valence-corrected chi connectivity index (χ0v) is 21.4. The summed E-state index contributed by atoms with van der Waals surface area (Å²) in [6.45, 7) is 5.48. The molecule has 0 aliphatic rings. The predicted octanol–water partition coefficient (Wildman–Crippen LogP) is 5.13. The minimum absolute atomic E-state index is 0.0759. The second kappa shape index (κ2) is 11.0. The fourth-order valence-electron chi connectivity index (χ4n) is 3.28. The zero-order valence-electron chi connectivity index (χ0n) is 19.0. The Labute approximate surface area is 210 Å². The number of sulfone groups is 1. The smallest absolute Gasteiger partial charge is 0.264 e. The third-order valence-corrected chi connectivity index (χ3v) is 7.18. The van der Waals surface area contributed by atoms with E-state index < -0.39 is 15.7 Å². The van der Waals surface area contributed by atoms with Crippen molar-refractivity contribution in [1.82, 2.24) is 5.32 Å². The number of carbonyl (C=O) groups excluding carboxylic acids is 1. The number of amides is 1. The maximum Gasteiger partial charge on any atom is 0.264 e. The lowest BCUT2D eigenvalue weighted by molar-refractivity contribution is -0.121. The highest BCUT2D eigenvalue weighted by Gasteiger charge is 2.17. The Morgan fingerprint density at radius 3 is 2.32 bits per heavy atom. The van der Waals surface area contributed by atoms with Gasteiger partial charge in [-0.3, -0.25) is 10.1 Å². The summed E-state index contributed by atoms with van der Waals surface area (Å²) in [6, 6.07) is 17.1. The second-order valence-corrected chi connectivity index (χ2v) is 10.7. The summed E-state index contributed by atoms with van der Waals surface area (Å²) in [4.78, 5) is 12.3. The first-order valence-corrected chi connectivity index (χ1v) is 12.9. The van der Waals surface area contributed by atoms with Crippen molar-refractivity contribution in [2.24, 2.45) is 0 Å². The molecule has 0 aliphatic carbocycles. The number of halogens is 1. The van der Waals surface area contributed by atoms with Crippen LogP contribution in [0.1, 0.15) is 22.3 Å². The van der Waals surface area contributed by atoms with Crippen LogP contribution in [0, 0.1) is 20.8 Å². The van der Waals surface area contributed by atoms with Crippen molar-refractivity contribution in [3.05, 3.63) is 87.9 Å². The number of benzene rings is 3. The minimum Gasteiger partial charge on any atom is -0.483 e. The lowest BCUT2D eigenvalue weighted by Crippen LogP contribution is -2.37. The summed E-state index contributed by atoms with van der Waals surface area (Å²) in [7, 11) is -3.51. The van der Waals surface area contributed by atoms with Crippen molar-refractivity contribution < 1.29 is 17.9 Å². The van der Waals surface area contributed by atoms with Crippen LogP contribution in [-0.4, -0.2) is 26.0 Å². The van der Waals surface area contributed by atoms with Gasteiger partial charge in [0.2, 0.25) is 0 Å². The van der Waals surface area contributed by atoms with E-state index in [1.807, 2.05) is 39.0 Å². The van der Waals surface area contributed by atoms with Gasteiger partial charge in [-0.25, -0.2) is 8.42 Å². The van der Waals surface area contributed by atoms with Crippen LogP contribution in [0.4, 0.5) is 5.69 Å². The van der Waals surface area contributed by atoms with Crippen LogP contribution in [0.15, 0.2) is 65.6 Å². The lowest BCUT2D eigenvalue weighted by Gasteiger charge is -2.12. The third-order valence-electron chi connectivity index (χ3n) is 5.06. The van der Waals surface area contributed by atoms with E-state index in [-0.39, 0.29) is 22.4 Å². The molecule has 3 aromatic rings. The number of hydrogen-bond donors (Lipinski definition) is 2. The summed E-state index contributed by atoms with van der Waals surface area (Å²) < 4.78 is 31.1. The molecule has 0 unspecified atom stereocenters. The number of aryl methyl sites for hydroxylation is 3. The average Bonchev–Trinajstić information content (AvgIpc) is 2.75. The maximum absolute atomic E-state index is 12.8. The van der Waals surface area contributed by atoms with E-state index in [9.17, 15) is 13.2 Å². The number of hydrogen-bond acceptors (Lipinski definition) is 5. The Morgan fingerprint density at radius 1 is 0.971 bits per heavy atom. The number of thiocarbonyl (C=S) groups is 1. The molecule has 0 atom stereocenters. The van der Waals surface area contributed by atoms with Crippen LogP contribution in [0.2, 0.25) is 5.02 Å². The second-order valence-electron chi connectivity index (χ2n) is 7.91. The Hall–Kier alpha value is -2.94. The molecule has 6 nitrogen and oxygen atoms in total. The van der Waals surface area contributed by atoms with Crippen LogP contribution in [0.3, 0.4) is 0 Å². The van der Waals surface area contributed by atoms with E-state index in [4.69, 9.17) is 28.6 Å². The van der Waals surface area contributed by atoms with E-state index in [1.54, 1.807) is 30.3 Å². The van der Waals surface area contributed by atoms with Gasteiger partial charge in [-0.15, -0.1) is 0 Å². The zero-order chi connectivity index (χ0) is 24.9. The number of anilines is 1. The molecule has 0 heterocycles. The van der Waals surface area contributed by atoms with Crippen LogP contribution in [0.5, 0.6) is 5.75 Å². The molecular formula is C25H25ClN2O4S2. The van der Waals surface area contributed by atoms with Gasteiger partial charge in [-0.2, -0.15) is 0 Å². The van der Waals surface area contributed by atoms with Gasteiger partial charge >= 0.3 is 0 Å². The molecule has 9 heteroatoms. The first kappa shape index (κ1) is 25.7. The van der Waals surface area contributed by atoms with Crippen LogP contribution in [-0.2, 0) is 20.4 Å². The van der Waals surface area contributed by atoms with E-state index >= 15 is 0 Å². The van der Waals surface area contributed by atoms with Crippen LogP contribution < -0.4 is 15.4 Å². The Balaban J connectivity index is 1.55. The normalized spacial score (nSPS) is 11.1. The first-order valence-electron chi connectivity index (χ1n) is 10.4. The molecule has 34 heavy (non-hydrogen) atoms.